The van der Waals surface area contributed by atoms with Crippen molar-refractivity contribution in [2.24, 2.45) is 5.92 Å². The molecule has 0 unspecified atom stereocenters. The third-order valence-electron chi connectivity index (χ3n) is 4.39. The molecule has 0 radical (unpaired) electrons. The van der Waals surface area contributed by atoms with Gasteiger partial charge in [-0.1, -0.05) is 12.1 Å². The number of benzene rings is 1. The van der Waals surface area contributed by atoms with E-state index in [1.807, 2.05) is 30.9 Å². The number of likely N-dealkylation sites (tertiary alicyclic amines) is 1. The Kier molecular flexibility index (Phi) is 4.82. The maximum atomic E-state index is 11.5. The standard InChI is InChI=1S/C17H23N3O2S/c1-23(21,22)17-6-4-15(5-7-17)11-19-9-2-3-16(12-19)13-20-10-8-18-14-20/h4-8,10,14,16H,2-3,9,11-13H2,1H3/t16-/m1/s1. The van der Waals surface area contributed by atoms with Crippen LogP contribution < -0.4 is 0 Å². The van der Waals surface area contributed by atoms with E-state index in [9.17, 15) is 8.42 Å². The van der Waals surface area contributed by atoms with Crippen LogP contribution in [-0.2, 0) is 22.9 Å². The molecule has 1 aliphatic heterocycles. The molecule has 2 heterocycles. The maximum Gasteiger partial charge on any atom is 0.175 e. The maximum absolute atomic E-state index is 11.5. The van der Waals surface area contributed by atoms with Crippen LogP contribution in [0.15, 0.2) is 47.9 Å². The number of sulfone groups is 1. The summed E-state index contributed by atoms with van der Waals surface area (Å²) < 4.78 is 25.2. The summed E-state index contributed by atoms with van der Waals surface area (Å²) in [6.45, 7) is 4.08. The van der Waals surface area contributed by atoms with Crippen molar-refractivity contribution in [1.82, 2.24) is 14.5 Å². The zero-order valence-corrected chi connectivity index (χ0v) is 14.2. The minimum Gasteiger partial charge on any atom is -0.337 e. The summed E-state index contributed by atoms with van der Waals surface area (Å²) >= 11 is 0. The van der Waals surface area contributed by atoms with Crippen molar-refractivity contribution in [2.45, 2.75) is 30.8 Å². The lowest BCUT2D eigenvalue weighted by Crippen LogP contribution is -2.36. The van der Waals surface area contributed by atoms with Gasteiger partial charge in [0, 0.05) is 38.3 Å². The van der Waals surface area contributed by atoms with Gasteiger partial charge in [-0.3, -0.25) is 4.90 Å². The quantitative estimate of drug-likeness (QED) is 0.842. The zero-order valence-electron chi connectivity index (χ0n) is 13.4. The minimum atomic E-state index is -3.11. The number of hydrogen-bond acceptors (Lipinski definition) is 4. The lowest BCUT2D eigenvalue weighted by Gasteiger charge is -2.33. The molecule has 23 heavy (non-hydrogen) atoms. The molecule has 2 aromatic rings. The van der Waals surface area contributed by atoms with Gasteiger partial charge >= 0.3 is 0 Å². The fourth-order valence-electron chi connectivity index (χ4n) is 3.24. The van der Waals surface area contributed by atoms with Crippen LogP contribution in [0.3, 0.4) is 0 Å². The van der Waals surface area contributed by atoms with Gasteiger partial charge in [0.2, 0.25) is 0 Å². The first-order valence-corrected chi connectivity index (χ1v) is 9.87. The second-order valence-electron chi connectivity index (χ2n) is 6.42. The SMILES string of the molecule is CS(=O)(=O)c1ccc(CN2CCC[C@@H](Cn3ccnc3)C2)cc1. The van der Waals surface area contributed by atoms with Crippen LogP contribution >= 0.6 is 0 Å². The molecule has 0 aliphatic carbocycles. The molecule has 6 heteroatoms. The molecule has 1 aromatic heterocycles. The van der Waals surface area contributed by atoms with Gasteiger partial charge in [0.25, 0.3) is 0 Å². The molecule has 0 saturated carbocycles. The summed E-state index contributed by atoms with van der Waals surface area (Å²) in [5.41, 5.74) is 1.17. The van der Waals surface area contributed by atoms with E-state index in [1.54, 1.807) is 12.1 Å². The van der Waals surface area contributed by atoms with Crippen molar-refractivity contribution in [1.29, 1.82) is 0 Å². The molecule has 0 spiro atoms. The fraction of sp³-hybridized carbons (Fsp3) is 0.471. The summed E-state index contributed by atoms with van der Waals surface area (Å²) in [5.74, 6) is 0.647. The molecule has 1 aliphatic rings. The van der Waals surface area contributed by atoms with Crippen molar-refractivity contribution in [2.75, 3.05) is 19.3 Å². The zero-order chi connectivity index (χ0) is 16.3. The average molecular weight is 333 g/mol. The smallest absolute Gasteiger partial charge is 0.175 e. The third kappa shape index (κ3) is 4.42. The summed E-state index contributed by atoms with van der Waals surface area (Å²) in [7, 11) is -3.11. The van der Waals surface area contributed by atoms with E-state index >= 15 is 0 Å². The van der Waals surface area contributed by atoms with Crippen molar-refractivity contribution in [3.8, 4) is 0 Å². The Bertz CT molecular complexity index is 724. The summed E-state index contributed by atoms with van der Waals surface area (Å²) in [4.78, 5) is 6.95. The number of hydrogen-bond donors (Lipinski definition) is 0. The lowest BCUT2D eigenvalue weighted by molar-refractivity contribution is 0.156. The minimum absolute atomic E-state index is 0.387. The lowest BCUT2D eigenvalue weighted by atomic mass is 9.97. The van der Waals surface area contributed by atoms with Gasteiger partial charge in [-0.15, -0.1) is 0 Å². The Morgan fingerprint density at radius 2 is 2.04 bits per heavy atom. The second-order valence-corrected chi connectivity index (χ2v) is 8.43. The first-order valence-electron chi connectivity index (χ1n) is 7.98. The van der Waals surface area contributed by atoms with E-state index in [4.69, 9.17) is 0 Å². The monoisotopic (exact) mass is 333 g/mol. The van der Waals surface area contributed by atoms with E-state index in [1.165, 1.54) is 24.7 Å². The molecular formula is C17H23N3O2S. The molecule has 1 fully saturated rings. The molecule has 1 aromatic carbocycles. The summed E-state index contributed by atoms with van der Waals surface area (Å²) in [5, 5.41) is 0. The van der Waals surface area contributed by atoms with E-state index in [0.29, 0.717) is 10.8 Å². The largest absolute Gasteiger partial charge is 0.337 e. The highest BCUT2D eigenvalue weighted by Crippen LogP contribution is 2.20. The Morgan fingerprint density at radius 1 is 1.26 bits per heavy atom. The summed E-state index contributed by atoms with van der Waals surface area (Å²) in [6, 6.07) is 7.26. The molecular weight excluding hydrogens is 310 g/mol. The Labute approximate surface area is 137 Å². The normalized spacial score (nSPS) is 19.8. The Hall–Kier alpha value is -1.66. The predicted molar refractivity (Wildman–Crippen MR) is 89.8 cm³/mol. The molecule has 5 nitrogen and oxygen atoms in total. The molecule has 0 N–H and O–H groups in total. The van der Waals surface area contributed by atoms with Gasteiger partial charge < -0.3 is 4.57 Å². The van der Waals surface area contributed by atoms with Crippen LogP contribution in [0.25, 0.3) is 0 Å². The number of rotatable bonds is 5. The number of aromatic nitrogens is 2. The highest BCUT2D eigenvalue weighted by molar-refractivity contribution is 7.90. The molecule has 1 atom stereocenters. The second kappa shape index (κ2) is 6.84. The van der Waals surface area contributed by atoms with Gasteiger partial charge in [-0.25, -0.2) is 13.4 Å². The van der Waals surface area contributed by atoms with Crippen molar-refractivity contribution in [3.05, 3.63) is 48.5 Å². The Balaban J connectivity index is 1.59. The van der Waals surface area contributed by atoms with Gasteiger partial charge in [0.05, 0.1) is 11.2 Å². The topological polar surface area (TPSA) is 55.2 Å². The van der Waals surface area contributed by atoms with Gasteiger partial charge in [0.1, 0.15) is 0 Å². The Morgan fingerprint density at radius 3 is 2.70 bits per heavy atom. The average Bonchev–Trinajstić information content (AvgIpc) is 3.00. The first kappa shape index (κ1) is 16.2. The van der Waals surface area contributed by atoms with Crippen molar-refractivity contribution >= 4 is 9.84 Å². The molecule has 0 amide bonds. The van der Waals surface area contributed by atoms with Crippen molar-refractivity contribution < 1.29 is 8.42 Å². The van der Waals surface area contributed by atoms with Crippen LogP contribution in [0.4, 0.5) is 0 Å². The number of imidazole rings is 1. The highest BCUT2D eigenvalue weighted by Gasteiger charge is 2.20. The van der Waals surface area contributed by atoms with Gasteiger partial charge in [0.15, 0.2) is 9.84 Å². The third-order valence-corrected chi connectivity index (χ3v) is 5.52. The highest BCUT2D eigenvalue weighted by atomic mass is 32.2. The van der Waals surface area contributed by atoms with Gasteiger partial charge in [-0.05, 0) is 43.0 Å². The number of piperidine rings is 1. The van der Waals surface area contributed by atoms with E-state index in [-0.39, 0.29) is 0 Å². The summed E-state index contributed by atoms with van der Waals surface area (Å²) in [6.07, 6.45) is 9.42. The molecule has 3 rings (SSSR count). The molecule has 1 saturated heterocycles. The van der Waals surface area contributed by atoms with E-state index in [0.717, 1.165) is 26.2 Å². The van der Waals surface area contributed by atoms with Gasteiger partial charge in [-0.2, -0.15) is 0 Å². The van der Waals surface area contributed by atoms with Crippen LogP contribution in [-0.4, -0.2) is 42.2 Å². The van der Waals surface area contributed by atoms with Crippen LogP contribution in [0.5, 0.6) is 0 Å². The van der Waals surface area contributed by atoms with Crippen LogP contribution in [0.2, 0.25) is 0 Å². The van der Waals surface area contributed by atoms with E-state index < -0.39 is 9.84 Å². The molecule has 0 bridgehead atoms. The van der Waals surface area contributed by atoms with E-state index in [2.05, 4.69) is 14.5 Å². The fourth-order valence-corrected chi connectivity index (χ4v) is 3.87. The van der Waals surface area contributed by atoms with Crippen LogP contribution in [0, 0.1) is 5.92 Å². The van der Waals surface area contributed by atoms with Crippen LogP contribution in [0.1, 0.15) is 18.4 Å². The predicted octanol–water partition coefficient (Wildman–Crippen LogP) is 2.20. The van der Waals surface area contributed by atoms with Crippen molar-refractivity contribution in [3.63, 3.8) is 0 Å². The first-order chi connectivity index (χ1) is 11.0. The molecule has 124 valence electrons. The number of nitrogens with zero attached hydrogens (tertiary/aromatic N) is 3.